The van der Waals surface area contributed by atoms with Gasteiger partial charge in [-0.1, -0.05) is 36.7 Å². The number of carbonyl (C=O) groups is 2. The van der Waals surface area contributed by atoms with E-state index in [9.17, 15) is 9.59 Å². The van der Waals surface area contributed by atoms with Crippen molar-refractivity contribution >= 4 is 39.0 Å². The monoisotopic (exact) mass is 864 g/mol. The molecule has 7 atom stereocenters. The van der Waals surface area contributed by atoms with Crippen LogP contribution in [0.3, 0.4) is 0 Å². The number of carbonyl (C=O) groups excluding carboxylic acids is 2. The van der Waals surface area contributed by atoms with Crippen LogP contribution in [0.4, 0.5) is 5.69 Å². The van der Waals surface area contributed by atoms with Crippen LogP contribution in [-0.2, 0) is 43.0 Å². The number of aryl methyl sites for hydroxylation is 2. The van der Waals surface area contributed by atoms with E-state index in [1.54, 1.807) is 27.3 Å². The fourth-order valence-electron chi connectivity index (χ4n) is 9.67. The summed E-state index contributed by atoms with van der Waals surface area (Å²) in [6, 6.07) is 11.5. The fraction of sp³-hybridized carbons (Fsp3) is 0.568. The molecule has 3 aromatic rings. The number of ether oxygens (including phenoxy) is 5. The van der Waals surface area contributed by atoms with Gasteiger partial charge in [-0.25, -0.2) is 4.21 Å². The Kier molecular flexibility index (Phi) is 12.9. The maximum absolute atomic E-state index is 15.1. The highest BCUT2D eigenvalue weighted by Gasteiger charge is 2.44. The van der Waals surface area contributed by atoms with Crippen molar-refractivity contribution in [3.8, 4) is 11.6 Å². The molecule has 1 spiro atoms. The number of rotatable bonds is 8. The van der Waals surface area contributed by atoms with Crippen LogP contribution in [-0.4, -0.2) is 122 Å². The zero-order valence-corrected chi connectivity index (χ0v) is 36.6. The van der Waals surface area contributed by atoms with E-state index in [4.69, 9.17) is 35.3 Å². The molecule has 1 saturated heterocycles. The Bertz CT molecular complexity index is 2220. The Morgan fingerprint density at radius 1 is 1.08 bits per heavy atom. The van der Waals surface area contributed by atoms with E-state index in [1.165, 1.54) is 22.0 Å². The zero-order chi connectivity index (χ0) is 42.0. The van der Waals surface area contributed by atoms with Gasteiger partial charge in [-0.15, -0.1) is 9.46 Å². The molecule has 60 heavy (non-hydrogen) atoms. The molecular formula is C44H57ClN6O8S. The second kappa shape index (κ2) is 18.2. The number of aromatic nitrogens is 2. The molecule has 16 heteroatoms. The molecule has 2 amide bonds. The van der Waals surface area contributed by atoms with Gasteiger partial charge >= 0.3 is 0 Å². The summed E-state index contributed by atoms with van der Waals surface area (Å²) in [5, 5.41) is 5.10. The summed E-state index contributed by atoms with van der Waals surface area (Å²) in [6.07, 6.45) is 9.78. The summed E-state index contributed by atoms with van der Waals surface area (Å²) in [5.74, 6) is -0.682. The summed E-state index contributed by atoms with van der Waals surface area (Å²) >= 11 is 6.50. The third-order valence-electron chi connectivity index (χ3n) is 13.0. The van der Waals surface area contributed by atoms with Crippen LogP contribution in [0.15, 0.2) is 59.1 Å². The van der Waals surface area contributed by atoms with Gasteiger partial charge in [-0.2, -0.15) is 0 Å². The van der Waals surface area contributed by atoms with Crippen LogP contribution in [0.25, 0.3) is 0 Å². The number of nitrogens with zero attached hydrogens (tertiary/aromatic N) is 5. The number of morpholine rings is 1. The minimum Gasteiger partial charge on any atom is -0.490 e. The van der Waals surface area contributed by atoms with Gasteiger partial charge < -0.3 is 28.6 Å². The summed E-state index contributed by atoms with van der Waals surface area (Å²) in [5.41, 5.74) is 3.31. The highest BCUT2D eigenvalue weighted by atomic mass is 35.5. The van der Waals surface area contributed by atoms with Gasteiger partial charge in [-0.3, -0.25) is 23.9 Å². The summed E-state index contributed by atoms with van der Waals surface area (Å²) in [7, 11) is 1.24. The van der Waals surface area contributed by atoms with Crippen molar-refractivity contribution < 1.29 is 37.5 Å². The molecule has 3 aliphatic heterocycles. The van der Waals surface area contributed by atoms with Crippen molar-refractivity contribution in [2.45, 2.75) is 56.7 Å². The fourth-order valence-corrected chi connectivity index (χ4v) is 11.7. The number of halogens is 1. The predicted octanol–water partition coefficient (Wildman–Crippen LogP) is 5.47. The number of hydrogen-bond donors (Lipinski definition) is 1. The third-order valence-corrected chi connectivity index (χ3v) is 15.2. The lowest BCUT2D eigenvalue weighted by molar-refractivity contribution is 0.0120. The molecule has 2 fully saturated rings. The predicted molar refractivity (Wildman–Crippen MR) is 230 cm³/mol. The number of hydrogen-bond acceptors (Lipinski definition) is 11. The number of fused-ring (bicyclic) bond motifs is 4. The first-order chi connectivity index (χ1) is 29.0. The van der Waals surface area contributed by atoms with Crippen molar-refractivity contribution in [2.75, 3.05) is 84.0 Å². The average molecular weight is 865 g/mol. The quantitative estimate of drug-likeness (QED) is 0.288. The molecular weight excluding hydrogens is 808 g/mol. The van der Waals surface area contributed by atoms with E-state index in [2.05, 4.69) is 36.1 Å². The molecule has 8 rings (SSSR count). The second-order valence-electron chi connectivity index (χ2n) is 17.0. The lowest BCUT2D eigenvalue weighted by atomic mass is 9.68. The molecule has 5 aliphatic rings. The van der Waals surface area contributed by atoms with Crippen molar-refractivity contribution in [2.24, 2.45) is 29.2 Å². The van der Waals surface area contributed by atoms with Gasteiger partial charge in [0.2, 0.25) is 5.88 Å². The Morgan fingerprint density at radius 2 is 1.88 bits per heavy atom. The number of anilines is 1. The molecule has 324 valence electrons. The van der Waals surface area contributed by atoms with E-state index in [0.717, 1.165) is 62.4 Å². The van der Waals surface area contributed by atoms with Crippen molar-refractivity contribution in [1.29, 1.82) is 0 Å². The van der Waals surface area contributed by atoms with Gasteiger partial charge in [0, 0.05) is 76.2 Å². The summed E-state index contributed by atoms with van der Waals surface area (Å²) < 4.78 is 53.8. The normalized spacial score (nSPS) is 30.2. The zero-order valence-electron chi connectivity index (χ0n) is 35.0. The number of nitrogens with one attached hydrogen (secondary N) is 1. The molecule has 4 heterocycles. The molecule has 0 radical (unpaired) electrons. The van der Waals surface area contributed by atoms with Gasteiger partial charge in [0.05, 0.1) is 43.5 Å². The molecule has 0 unspecified atom stereocenters. The Morgan fingerprint density at radius 3 is 2.65 bits per heavy atom. The van der Waals surface area contributed by atoms with E-state index >= 15 is 4.21 Å². The van der Waals surface area contributed by atoms with E-state index in [1.807, 2.05) is 37.3 Å². The first kappa shape index (κ1) is 42.7. The largest absolute Gasteiger partial charge is 0.490 e. The van der Waals surface area contributed by atoms with E-state index in [-0.39, 0.29) is 40.2 Å². The molecule has 14 nitrogen and oxygen atoms in total. The van der Waals surface area contributed by atoms with E-state index < -0.39 is 33.8 Å². The second-order valence-corrected chi connectivity index (χ2v) is 19.4. The highest BCUT2D eigenvalue weighted by Crippen LogP contribution is 2.47. The van der Waals surface area contributed by atoms with Crippen LogP contribution in [0.2, 0.25) is 5.02 Å². The van der Waals surface area contributed by atoms with Crippen LogP contribution in [0, 0.1) is 17.8 Å². The average Bonchev–Trinajstić information content (AvgIpc) is 3.53. The lowest BCUT2D eigenvalue weighted by Crippen LogP contribution is -2.49. The van der Waals surface area contributed by atoms with Crippen molar-refractivity contribution in [3.05, 3.63) is 82.0 Å². The standard InChI is InChI=1S/C44H57ClN6O8S/c1-29-26-60(54,48-42(53)35-25-49(2)46-43(35)58-21-18-50-16-19-57-20-17-50)47-41(52)31-8-12-40-37(23-31)51(24-32-7-10-34(32)39(56-4)14-13-38(29)55-3)27-44(28-59-40)15-5-6-30-22-33(45)9-11-36(30)44/h8-9,11-14,22-23,25,29,32,34,38-39H,5-7,10,15-21,24,26-28H2,1-4H3,(H,47,48,52,53,54)/b14-13+/t29-,32+,34-,38+,39+,44+,60+/m1/s1. The number of methoxy groups -OCH3 is 2. The van der Waals surface area contributed by atoms with Crippen LogP contribution in [0.5, 0.6) is 11.6 Å². The lowest BCUT2D eigenvalue weighted by Gasteiger charge is -2.46. The van der Waals surface area contributed by atoms with Gasteiger partial charge in [0.25, 0.3) is 11.8 Å². The highest BCUT2D eigenvalue weighted by molar-refractivity contribution is 7.92. The molecule has 1 N–H and O–H groups in total. The minimum absolute atomic E-state index is 0.0872. The maximum atomic E-state index is 15.1. The maximum Gasteiger partial charge on any atom is 0.286 e. The topological polar surface area (TPSA) is 146 Å². The molecule has 2 bridgehead atoms. The van der Waals surface area contributed by atoms with Crippen molar-refractivity contribution in [1.82, 2.24) is 19.4 Å². The Balaban J connectivity index is 1.15. The van der Waals surface area contributed by atoms with Crippen LogP contribution >= 0.6 is 11.6 Å². The third kappa shape index (κ3) is 9.12. The molecule has 1 saturated carbocycles. The van der Waals surface area contributed by atoms with Crippen LogP contribution < -0.4 is 19.1 Å². The first-order valence-electron chi connectivity index (χ1n) is 21.1. The smallest absolute Gasteiger partial charge is 0.286 e. The summed E-state index contributed by atoms with van der Waals surface area (Å²) in [4.78, 5) is 33.0. The van der Waals surface area contributed by atoms with E-state index in [0.29, 0.717) is 51.2 Å². The number of amides is 2. The SMILES string of the molecule is CO[C@H]1/C=C/[C@H](OC)[C@H](C)C[S@@](=O)(NC(=O)c2cn(C)nc2OCCN2CCOCC2)=NC(=O)c2ccc3c(c2)N(C[C@@H]2CC[C@H]21)C[C@@]1(CCCc2cc(Cl)ccc21)CO3. The van der Waals surface area contributed by atoms with Crippen molar-refractivity contribution in [3.63, 3.8) is 0 Å². The Hall–Kier alpha value is -3.99. The first-order valence-corrected chi connectivity index (χ1v) is 23.1. The summed E-state index contributed by atoms with van der Waals surface area (Å²) in [6.45, 7) is 7.57. The van der Waals surface area contributed by atoms with Crippen LogP contribution in [0.1, 0.15) is 64.4 Å². The number of benzene rings is 2. The molecule has 2 aliphatic carbocycles. The van der Waals surface area contributed by atoms with Gasteiger partial charge in [-0.05, 0) is 91.3 Å². The Labute approximate surface area is 358 Å². The van der Waals surface area contributed by atoms with Gasteiger partial charge in [0.1, 0.15) is 27.8 Å². The van der Waals surface area contributed by atoms with Gasteiger partial charge in [0.15, 0.2) is 0 Å². The minimum atomic E-state index is -3.77. The molecule has 1 aromatic heterocycles. The molecule has 2 aromatic carbocycles.